The highest BCUT2D eigenvalue weighted by molar-refractivity contribution is 6.39. The Hall–Kier alpha value is -3.13. The fourth-order valence-corrected chi connectivity index (χ4v) is 5.43. The van der Waals surface area contributed by atoms with Crippen LogP contribution in [0.2, 0.25) is 0 Å². The maximum Gasteiger partial charge on any atom is 0.216 e. The zero-order chi connectivity index (χ0) is 32.0. The van der Waals surface area contributed by atoms with E-state index in [1.807, 2.05) is 0 Å². The van der Waals surface area contributed by atoms with Crippen LogP contribution in [0, 0.1) is 5.92 Å². The van der Waals surface area contributed by atoms with E-state index in [-0.39, 0.29) is 5.75 Å². The van der Waals surface area contributed by atoms with E-state index in [0.717, 1.165) is 6.08 Å². The Balaban J connectivity index is 1.88. The van der Waals surface area contributed by atoms with Crippen molar-refractivity contribution in [3.8, 4) is 5.75 Å². The summed E-state index contributed by atoms with van der Waals surface area (Å²) in [7, 11) is 0. The van der Waals surface area contributed by atoms with E-state index >= 15 is 0 Å². The van der Waals surface area contributed by atoms with Crippen LogP contribution in [0.3, 0.4) is 0 Å². The van der Waals surface area contributed by atoms with Gasteiger partial charge < -0.3 is 65.6 Å². The van der Waals surface area contributed by atoms with Gasteiger partial charge in [0.25, 0.3) is 0 Å². The van der Waals surface area contributed by atoms with Crippen molar-refractivity contribution >= 4 is 23.4 Å². The molecule has 43 heavy (non-hydrogen) atoms. The van der Waals surface area contributed by atoms with Gasteiger partial charge in [-0.1, -0.05) is 18.2 Å². The quantitative estimate of drug-likeness (QED) is 0.0620. The van der Waals surface area contributed by atoms with Gasteiger partial charge >= 0.3 is 0 Å². The highest BCUT2D eigenvalue weighted by Gasteiger charge is 2.68. The predicted octanol–water partition coefficient (Wildman–Crippen LogP) is -5.03. The summed E-state index contributed by atoms with van der Waals surface area (Å²) in [5, 5.41) is 113. The van der Waals surface area contributed by atoms with Crippen molar-refractivity contribution in [1.82, 2.24) is 0 Å². The number of phenolic OH excluding ortho intramolecular Hbond substituents is 1. The van der Waals surface area contributed by atoms with Crippen LogP contribution in [0.25, 0.3) is 6.08 Å². The zero-order valence-electron chi connectivity index (χ0n) is 22.2. The first kappa shape index (κ1) is 32.8. The van der Waals surface area contributed by atoms with E-state index in [2.05, 4.69) is 0 Å². The Morgan fingerprint density at radius 3 is 1.88 bits per heavy atom. The fraction of sp³-hybridized carbons (Fsp3) is 0.519. The molecule has 0 amide bonds. The summed E-state index contributed by atoms with van der Waals surface area (Å²) in [5.74, 6) is -8.80. The van der Waals surface area contributed by atoms with Gasteiger partial charge in [-0.2, -0.15) is 0 Å². The van der Waals surface area contributed by atoms with Gasteiger partial charge in [0.2, 0.25) is 11.4 Å². The minimum absolute atomic E-state index is 0.0946. The molecule has 2 heterocycles. The first-order chi connectivity index (χ1) is 20.2. The van der Waals surface area contributed by atoms with Crippen molar-refractivity contribution in [2.45, 2.75) is 66.6 Å². The van der Waals surface area contributed by atoms with Gasteiger partial charge in [-0.15, -0.1) is 0 Å². The molecule has 16 heteroatoms. The van der Waals surface area contributed by atoms with Crippen LogP contribution in [0.5, 0.6) is 5.75 Å². The van der Waals surface area contributed by atoms with Gasteiger partial charge in [0.1, 0.15) is 84.0 Å². The molecule has 11 N–H and O–H groups in total. The van der Waals surface area contributed by atoms with Gasteiger partial charge in [-0.3, -0.25) is 14.4 Å². The Labute approximate surface area is 242 Å². The molecule has 1 aromatic carbocycles. The molecule has 12 atom stereocenters. The number of aromatic hydroxyl groups is 1. The predicted molar refractivity (Wildman–Crippen MR) is 138 cm³/mol. The molecule has 236 valence electrons. The first-order valence-electron chi connectivity index (χ1n) is 13.1. The molecule has 0 bridgehead atoms. The third-order valence-corrected chi connectivity index (χ3v) is 7.90. The van der Waals surface area contributed by atoms with E-state index in [1.165, 1.54) is 30.3 Å². The summed E-state index contributed by atoms with van der Waals surface area (Å²) in [4.78, 5) is 41.3. The summed E-state index contributed by atoms with van der Waals surface area (Å²) in [6.07, 6.45) is -18.8. The number of aliphatic hydroxyl groups excluding tert-OH is 9. The molecular formula is C27H32O16. The second kappa shape index (κ2) is 12.5. The maximum absolute atomic E-state index is 13.9. The molecule has 16 nitrogen and oxygen atoms in total. The molecule has 0 radical (unpaired) electrons. The van der Waals surface area contributed by atoms with E-state index in [9.17, 15) is 70.6 Å². The summed E-state index contributed by atoms with van der Waals surface area (Å²) in [6.45, 7) is -2.01. The molecule has 3 aliphatic rings. The molecule has 3 fully saturated rings. The smallest absolute Gasteiger partial charge is 0.216 e. The molecule has 1 saturated carbocycles. The van der Waals surface area contributed by atoms with Crippen LogP contribution in [-0.4, -0.2) is 153 Å². The normalized spacial score (nSPS) is 42.0. The number of Topliss-reactive ketones (excluding diaryl/α,β-unsaturated/α-hetero) is 3. The van der Waals surface area contributed by atoms with Crippen molar-refractivity contribution in [2.75, 3.05) is 13.2 Å². The number of rotatable bonds is 6. The minimum Gasteiger partial charge on any atom is -0.508 e. The third-order valence-electron chi connectivity index (χ3n) is 7.90. The fourth-order valence-electron chi connectivity index (χ4n) is 5.43. The Kier molecular flexibility index (Phi) is 9.50. The van der Waals surface area contributed by atoms with E-state index in [1.54, 1.807) is 0 Å². The molecule has 2 aliphatic heterocycles. The van der Waals surface area contributed by atoms with E-state index in [0.29, 0.717) is 5.56 Å². The topological polar surface area (TPSA) is 292 Å². The molecule has 0 aromatic heterocycles. The van der Waals surface area contributed by atoms with Gasteiger partial charge in [0, 0.05) is 0 Å². The number of hydrogen-bond donors (Lipinski definition) is 11. The molecule has 1 aromatic rings. The van der Waals surface area contributed by atoms with Crippen LogP contribution in [-0.2, 0) is 23.9 Å². The lowest BCUT2D eigenvalue weighted by atomic mass is 9.64. The summed E-state index contributed by atoms with van der Waals surface area (Å²) in [5.41, 5.74) is -4.55. The van der Waals surface area contributed by atoms with E-state index in [4.69, 9.17) is 9.47 Å². The molecular weight excluding hydrogens is 580 g/mol. The van der Waals surface area contributed by atoms with Gasteiger partial charge in [0.15, 0.2) is 11.6 Å². The van der Waals surface area contributed by atoms with Crippen LogP contribution in [0.4, 0.5) is 0 Å². The number of carbonyl (C=O) groups excluding carboxylic acids is 3. The number of ketones is 3. The number of hydrogen-bond acceptors (Lipinski definition) is 16. The summed E-state index contributed by atoms with van der Waals surface area (Å²) in [6, 6.07) is 5.34. The molecule has 12 unspecified atom stereocenters. The number of carbonyl (C=O) groups is 3. The van der Waals surface area contributed by atoms with Crippen molar-refractivity contribution < 1.29 is 80.0 Å². The minimum atomic E-state index is -3.64. The lowest BCUT2D eigenvalue weighted by Gasteiger charge is -2.49. The molecule has 4 rings (SSSR count). The SMILES string of the molecule is O=C1C(=C(O)C=Cc2ccc(O)cc2)C(=O)C(O)(C2OC(CO)C(O)C(O)C2O)C(=O)C1C1OC(CO)C(O)C(O)C1O. The summed E-state index contributed by atoms with van der Waals surface area (Å²) < 4.78 is 10.6. The van der Waals surface area contributed by atoms with Crippen LogP contribution in [0.15, 0.2) is 41.7 Å². The van der Waals surface area contributed by atoms with Crippen molar-refractivity contribution in [3.63, 3.8) is 0 Å². The number of aliphatic hydroxyl groups is 10. The highest BCUT2D eigenvalue weighted by Crippen LogP contribution is 2.41. The average molecular weight is 613 g/mol. The second-order valence-corrected chi connectivity index (χ2v) is 10.5. The summed E-state index contributed by atoms with van der Waals surface area (Å²) >= 11 is 0. The average Bonchev–Trinajstić information content (AvgIpc) is 2.98. The Bertz CT molecular complexity index is 1290. The molecule has 1 aliphatic carbocycles. The van der Waals surface area contributed by atoms with Crippen LogP contribution >= 0.6 is 0 Å². The Morgan fingerprint density at radius 1 is 0.791 bits per heavy atom. The lowest BCUT2D eigenvalue weighted by Crippen LogP contribution is -2.74. The largest absolute Gasteiger partial charge is 0.508 e. The number of phenols is 1. The number of allylic oxidation sites excluding steroid dienone is 1. The standard InChI is InChI=1S/C27H32O16/c28-7-12-16(32)19(35)21(37)23(42-12)15-18(34)14(11(31)6-3-9-1-4-10(30)5-2-9)24(39)27(41,25(15)40)26-22(38)20(36)17(33)13(8-29)43-26/h1-6,12-13,15-17,19-23,26,28-33,35-38,41H,7-8H2. The van der Waals surface area contributed by atoms with E-state index < -0.39 is 114 Å². The number of benzene rings is 1. The van der Waals surface area contributed by atoms with Crippen molar-refractivity contribution in [3.05, 3.63) is 47.2 Å². The third kappa shape index (κ3) is 5.52. The monoisotopic (exact) mass is 612 g/mol. The van der Waals surface area contributed by atoms with Crippen molar-refractivity contribution in [1.29, 1.82) is 0 Å². The van der Waals surface area contributed by atoms with Gasteiger partial charge in [0.05, 0.1) is 13.2 Å². The van der Waals surface area contributed by atoms with Crippen LogP contribution < -0.4 is 0 Å². The number of ether oxygens (including phenoxy) is 2. The first-order valence-corrected chi connectivity index (χ1v) is 13.1. The molecule has 2 saturated heterocycles. The van der Waals surface area contributed by atoms with Crippen LogP contribution in [0.1, 0.15) is 5.56 Å². The molecule has 0 spiro atoms. The lowest BCUT2D eigenvalue weighted by molar-refractivity contribution is -0.266. The van der Waals surface area contributed by atoms with Crippen molar-refractivity contribution in [2.24, 2.45) is 5.92 Å². The second-order valence-electron chi connectivity index (χ2n) is 10.5. The van der Waals surface area contributed by atoms with Gasteiger partial charge in [-0.25, -0.2) is 0 Å². The maximum atomic E-state index is 13.9. The highest BCUT2D eigenvalue weighted by atomic mass is 16.6. The zero-order valence-corrected chi connectivity index (χ0v) is 22.2. The van der Waals surface area contributed by atoms with Gasteiger partial charge in [-0.05, 0) is 23.8 Å². The Morgan fingerprint density at radius 2 is 1.33 bits per heavy atom.